The van der Waals surface area contributed by atoms with Gasteiger partial charge in [-0.3, -0.25) is 4.90 Å². The summed E-state index contributed by atoms with van der Waals surface area (Å²) in [5.41, 5.74) is 6.97. The Kier molecular flexibility index (Phi) is 7.13. The molecule has 2 N–H and O–H groups in total. The number of ether oxygens (including phenoxy) is 2. The molecule has 1 aromatic rings. The van der Waals surface area contributed by atoms with Gasteiger partial charge < -0.3 is 15.2 Å². The lowest BCUT2D eigenvalue weighted by Gasteiger charge is -2.32. The van der Waals surface area contributed by atoms with Gasteiger partial charge in [0.25, 0.3) is 0 Å². The predicted octanol–water partition coefficient (Wildman–Crippen LogP) is 2.30. The van der Waals surface area contributed by atoms with Crippen LogP contribution in [-0.2, 0) is 6.54 Å². The molecule has 0 amide bonds. The Hall–Kier alpha value is -0.970. The summed E-state index contributed by atoms with van der Waals surface area (Å²) in [6, 6.07) is 6.05. The van der Waals surface area contributed by atoms with Crippen LogP contribution < -0.4 is 15.2 Å². The van der Waals surface area contributed by atoms with Gasteiger partial charge in [0.15, 0.2) is 11.5 Å². The highest BCUT2D eigenvalue weighted by molar-refractivity contribution is 5.85. The second-order valence-corrected chi connectivity index (χ2v) is 5.13. The first-order chi connectivity index (χ1) is 9.28. The lowest BCUT2D eigenvalue weighted by molar-refractivity contribution is 0.169. The first-order valence-electron chi connectivity index (χ1n) is 6.90. The van der Waals surface area contributed by atoms with Crippen molar-refractivity contribution >= 4 is 12.4 Å². The summed E-state index contributed by atoms with van der Waals surface area (Å²) in [5.74, 6) is 2.28. The number of halogens is 1. The summed E-state index contributed by atoms with van der Waals surface area (Å²) >= 11 is 0. The first kappa shape index (κ1) is 17.1. The van der Waals surface area contributed by atoms with E-state index in [1.807, 2.05) is 12.1 Å². The lowest BCUT2D eigenvalue weighted by Crippen LogP contribution is -2.37. The fourth-order valence-corrected chi connectivity index (χ4v) is 2.81. The second kappa shape index (κ2) is 8.35. The van der Waals surface area contributed by atoms with Gasteiger partial charge in [0, 0.05) is 18.7 Å². The van der Waals surface area contributed by atoms with E-state index < -0.39 is 0 Å². The standard InChI is InChI=1S/C15H24N2O2.ClH/c1-18-14-7-3-6-13(15(14)19-2)11-17-8-4-5-12(9-16)10-17;/h3,6-7,12H,4-5,8-11,16H2,1-2H3;1H. The third kappa shape index (κ3) is 4.01. The maximum Gasteiger partial charge on any atom is 0.165 e. The van der Waals surface area contributed by atoms with E-state index in [1.54, 1.807) is 14.2 Å². The molecule has 1 aliphatic rings. The van der Waals surface area contributed by atoms with Crippen molar-refractivity contribution in [2.24, 2.45) is 11.7 Å². The molecule has 0 aliphatic carbocycles. The van der Waals surface area contributed by atoms with E-state index in [1.165, 1.54) is 18.4 Å². The van der Waals surface area contributed by atoms with Crippen LogP contribution in [0.3, 0.4) is 0 Å². The van der Waals surface area contributed by atoms with Gasteiger partial charge in [-0.15, -0.1) is 12.4 Å². The average Bonchev–Trinajstić information content (AvgIpc) is 2.47. The van der Waals surface area contributed by atoms with Crippen LogP contribution in [-0.4, -0.2) is 38.8 Å². The lowest BCUT2D eigenvalue weighted by atomic mass is 9.98. The van der Waals surface area contributed by atoms with Crippen molar-refractivity contribution in [3.05, 3.63) is 23.8 Å². The van der Waals surface area contributed by atoms with Crippen molar-refractivity contribution in [3.63, 3.8) is 0 Å². The van der Waals surface area contributed by atoms with Crippen LogP contribution in [0.4, 0.5) is 0 Å². The van der Waals surface area contributed by atoms with Crippen LogP contribution in [0.1, 0.15) is 18.4 Å². The average molecular weight is 301 g/mol. The van der Waals surface area contributed by atoms with E-state index in [0.717, 1.165) is 37.7 Å². The quantitative estimate of drug-likeness (QED) is 0.906. The van der Waals surface area contributed by atoms with E-state index in [2.05, 4.69) is 11.0 Å². The largest absolute Gasteiger partial charge is 0.493 e. The first-order valence-corrected chi connectivity index (χ1v) is 6.90. The fourth-order valence-electron chi connectivity index (χ4n) is 2.81. The van der Waals surface area contributed by atoms with E-state index in [-0.39, 0.29) is 12.4 Å². The molecular formula is C15H25ClN2O2. The Morgan fingerprint density at radius 1 is 1.30 bits per heavy atom. The number of piperidine rings is 1. The van der Waals surface area contributed by atoms with Gasteiger partial charge >= 0.3 is 0 Å². The van der Waals surface area contributed by atoms with Crippen LogP contribution in [0.5, 0.6) is 11.5 Å². The summed E-state index contributed by atoms with van der Waals surface area (Å²) in [6.07, 6.45) is 2.48. The monoisotopic (exact) mass is 300 g/mol. The number of methoxy groups -OCH3 is 2. The zero-order chi connectivity index (χ0) is 13.7. The summed E-state index contributed by atoms with van der Waals surface area (Å²) in [4.78, 5) is 2.46. The topological polar surface area (TPSA) is 47.7 Å². The molecule has 1 aromatic carbocycles. The SMILES string of the molecule is COc1cccc(CN2CCCC(CN)C2)c1OC.Cl. The molecule has 1 atom stereocenters. The summed E-state index contributed by atoms with van der Waals surface area (Å²) in [7, 11) is 3.37. The maximum absolute atomic E-state index is 5.79. The minimum Gasteiger partial charge on any atom is -0.493 e. The fraction of sp³-hybridized carbons (Fsp3) is 0.600. The number of hydrogen-bond donors (Lipinski definition) is 1. The van der Waals surface area contributed by atoms with Crippen molar-refractivity contribution in [3.8, 4) is 11.5 Å². The molecule has 0 saturated carbocycles. The zero-order valence-corrected chi connectivity index (χ0v) is 13.1. The summed E-state index contributed by atoms with van der Waals surface area (Å²) in [6.45, 7) is 3.90. The Bertz CT molecular complexity index is 415. The molecule has 1 aliphatic heterocycles. The van der Waals surface area contributed by atoms with E-state index in [0.29, 0.717) is 5.92 Å². The van der Waals surface area contributed by atoms with Gasteiger partial charge in [-0.2, -0.15) is 0 Å². The molecule has 5 heteroatoms. The van der Waals surface area contributed by atoms with Gasteiger partial charge in [-0.05, 0) is 37.9 Å². The highest BCUT2D eigenvalue weighted by atomic mass is 35.5. The van der Waals surface area contributed by atoms with Gasteiger partial charge in [-0.25, -0.2) is 0 Å². The highest BCUT2D eigenvalue weighted by Crippen LogP contribution is 2.32. The van der Waals surface area contributed by atoms with Crippen molar-refractivity contribution in [2.45, 2.75) is 19.4 Å². The van der Waals surface area contributed by atoms with E-state index in [9.17, 15) is 0 Å². The second-order valence-electron chi connectivity index (χ2n) is 5.13. The smallest absolute Gasteiger partial charge is 0.165 e. The molecule has 114 valence electrons. The Morgan fingerprint density at radius 3 is 2.75 bits per heavy atom. The molecule has 0 spiro atoms. The maximum atomic E-state index is 5.79. The number of nitrogens with zero attached hydrogens (tertiary/aromatic N) is 1. The van der Waals surface area contributed by atoms with Crippen molar-refractivity contribution in [1.82, 2.24) is 4.90 Å². The molecule has 1 unspecified atom stereocenters. The number of hydrogen-bond acceptors (Lipinski definition) is 4. The number of nitrogens with two attached hydrogens (primary N) is 1. The van der Waals surface area contributed by atoms with Crippen molar-refractivity contribution < 1.29 is 9.47 Å². The number of likely N-dealkylation sites (tertiary alicyclic amines) is 1. The van der Waals surface area contributed by atoms with Crippen LogP contribution >= 0.6 is 12.4 Å². The molecule has 20 heavy (non-hydrogen) atoms. The molecule has 1 saturated heterocycles. The molecule has 0 radical (unpaired) electrons. The van der Waals surface area contributed by atoms with Gasteiger partial charge in [0.1, 0.15) is 0 Å². The molecule has 0 bridgehead atoms. The Morgan fingerprint density at radius 2 is 2.10 bits per heavy atom. The van der Waals surface area contributed by atoms with Crippen molar-refractivity contribution in [1.29, 1.82) is 0 Å². The minimum absolute atomic E-state index is 0. The van der Waals surface area contributed by atoms with Gasteiger partial charge in [0.2, 0.25) is 0 Å². The third-order valence-electron chi connectivity index (χ3n) is 3.81. The molecular weight excluding hydrogens is 276 g/mol. The zero-order valence-electron chi connectivity index (χ0n) is 12.3. The summed E-state index contributed by atoms with van der Waals surface area (Å²) in [5, 5.41) is 0. The minimum atomic E-state index is 0. The number of benzene rings is 1. The Labute approximate surface area is 127 Å². The molecule has 4 nitrogen and oxygen atoms in total. The number of para-hydroxylation sites is 1. The molecule has 1 heterocycles. The molecule has 2 rings (SSSR count). The summed E-state index contributed by atoms with van der Waals surface area (Å²) < 4.78 is 10.8. The predicted molar refractivity (Wildman–Crippen MR) is 83.8 cm³/mol. The van der Waals surface area contributed by atoms with Gasteiger partial charge in [-0.1, -0.05) is 12.1 Å². The van der Waals surface area contributed by atoms with E-state index >= 15 is 0 Å². The van der Waals surface area contributed by atoms with Gasteiger partial charge in [0.05, 0.1) is 14.2 Å². The van der Waals surface area contributed by atoms with Crippen LogP contribution in [0, 0.1) is 5.92 Å². The molecule has 1 fully saturated rings. The highest BCUT2D eigenvalue weighted by Gasteiger charge is 2.20. The Balaban J connectivity index is 0.00000200. The van der Waals surface area contributed by atoms with Crippen molar-refractivity contribution in [2.75, 3.05) is 33.9 Å². The van der Waals surface area contributed by atoms with Crippen LogP contribution in [0.15, 0.2) is 18.2 Å². The van der Waals surface area contributed by atoms with Crippen LogP contribution in [0.25, 0.3) is 0 Å². The van der Waals surface area contributed by atoms with Crippen LogP contribution in [0.2, 0.25) is 0 Å². The molecule has 0 aromatic heterocycles. The number of rotatable bonds is 5. The normalized spacial score (nSPS) is 19.2. The third-order valence-corrected chi connectivity index (χ3v) is 3.81. The van der Waals surface area contributed by atoms with E-state index in [4.69, 9.17) is 15.2 Å².